The second-order valence-corrected chi connectivity index (χ2v) is 3.98. The van der Waals surface area contributed by atoms with Gasteiger partial charge in [-0.15, -0.1) is 0 Å². The van der Waals surface area contributed by atoms with Crippen LogP contribution in [-0.4, -0.2) is 38.8 Å². The van der Waals surface area contributed by atoms with E-state index in [1.54, 1.807) is 7.11 Å². The summed E-state index contributed by atoms with van der Waals surface area (Å²) in [6, 6.07) is 0.415. The fraction of sp³-hybridized carbons (Fsp3) is 0.909. The van der Waals surface area contributed by atoms with E-state index in [0.717, 1.165) is 6.42 Å². The fourth-order valence-corrected chi connectivity index (χ4v) is 1.43. The minimum absolute atomic E-state index is 0.0335. The van der Waals surface area contributed by atoms with Gasteiger partial charge in [-0.25, -0.2) is 0 Å². The lowest BCUT2D eigenvalue weighted by Gasteiger charge is -2.20. The van der Waals surface area contributed by atoms with Crippen LogP contribution in [0.2, 0.25) is 0 Å². The van der Waals surface area contributed by atoms with Gasteiger partial charge in [0, 0.05) is 19.7 Å². The first kappa shape index (κ1) is 14.4. The van der Waals surface area contributed by atoms with E-state index in [1.807, 2.05) is 0 Å². The number of hydrogen-bond donors (Lipinski definition) is 2. The van der Waals surface area contributed by atoms with E-state index >= 15 is 0 Å². The summed E-state index contributed by atoms with van der Waals surface area (Å²) < 4.78 is 4.84. The maximum absolute atomic E-state index is 11.3. The molecule has 2 N–H and O–H groups in total. The van der Waals surface area contributed by atoms with E-state index in [4.69, 9.17) is 4.74 Å². The van der Waals surface area contributed by atoms with Crippen molar-refractivity contribution in [2.24, 2.45) is 5.92 Å². The van der Waals surface area contributed by atoms with Gasteiger partial charge in [0.05, 0.1) is 13.2 Å². The molecule has 0 radical (unpaired) electrons. The first-order chi connectivity index (χ1) is 7.11. The zero-order chi connectivity index (χ0) is 11.7. The fourth-order valence-electron chi connectivity index (χ4n) is 1.43. The van der Waals surface area contributed by atoms with Crippen molar-refractivity contribution in [1.29, 1.82) is 0 Å². The predicted octanol–water partition coefficient (Wildman–Crippen LogP) is 0.773. The molecule has 0 aliphatic carbocycles. The minimum Gasteiger partial charge on any atom is -0.383 e. The lowest BCUT2D eigenvalue weighted by Crippen LogP contribution is -2.41. The van der Waals surface area contributed by atoms with E-state index in [2.05, 4.69) is 31.4 Å². The molecule has 90 valence electrons. The van der Waals surface area contributed by atoms with Crippen molar-refractivity contribution < 1.29 is 9.53 Å². The number of hydrogen-bond acceptors (Lipinski definition) is 3. The van der Waals surface area contributed by atoms with Crippen molar-refractivity contribution in [3.63, 3.8) is 0 Å². The number of carbonyl (C=O) groups is 1. The van der Waals surface area contributed by atoms with Gasteiger partial charge >= 0.3 is 0 Å². The average Bonchev–Trinajstić information content (AvgIpc) is 2.18. The standard InChI is InChI=1S/C11H24N2O2/c1-5-10(9(2)3)13-8-11(14)12-6-7-15-4/h9-10,13H,5-8H2,1-4H3,(H,12,14). The smallest absolute Gasteiger partial charge is 0.234 e. The molecule has 15 heavy (non-hydrogen) atoms. The quantitative estimate of drug-likeness (QED) is 0.589. The van der Waals surface area contributed by atoms with Gasteiger partial charge in [0.2, 0.25) is 5.91 Å². The molecule has 0 aromatic rings. The summed E-state index contributed by atoms with van der Waals surface area (Å²) in [4.78, 5) is 11.3. The normalized spacial score (nSPS) is 12.9. The van der Waals surface area contributed by atoms with Gasteiger partial charge < -0.3 is 15.4 Å². The molecule has 0 fully saturated rings. The second-order valence-electron chi connectivity index (χ2n) is 3.98. The van der Waals surface area contributed by atoms with Crippen LogP contribution >= 0.6 is 0 Å². The van der Waals surface area contributed by atoms with Crippen LogP contribution < -0.4 is 10.6 Å². The Balaban J connectivity index is 3.59. The third-order valence-electron chi connectivity index (χ3n) is 2.40. The Morgan fingerprint density at radius 2 is 2.07 bits per heavy atom. The van der Waals surface area contributed by atoms with Crippen molar-refractivity contribution in [2.75, 3.05) is 26.8 Å². The van der Waals surface area contributed by atoms with Crippen LogP contribution in [0.25, 0.3) is 0 Å². The maximum Gasteiger partial charge on any atom is 0.234 e. The van der Waals surface area contributed by atoms with Crippen LogP contribution in [0.3, 0.4) is 0 Å². The summed E-state index contributed by atoms with van der Waals surface area (Å²) >= 11 is 0. The van der Waals surface area contributed by atoms with Gasteiger partial charge in [0.15, 0.2) is 0 Å². The molecule has 1 unspecified atom stereocenters. The lowest BCUT2D eigenvalue weighted by atomic mass is 10.0. The summed E-state index contributed by atoms with van der Waals surface area (Å²) in [5.74, 6) is 0.591. The van der Waals surface area contributed by atoms with Crippen LogP contribution in [-0.2, 0) is 9.53 Å². The van der Waals surface area contributed by atoms with Crippen LogP contribution in [0.15, 0.2) is 0 Å². The Morgan fingerprint density at radius 1 is 1.40 bits per heavy atom. The van der Waals surface area contributed by atoms with E-state index in [9.17, 15) is 4.79 Å². The average molecular weight is 216 g/mol. The number of rotatable bonds is 8. The Bertz CT molecular complexity index is 172. The summed E-state index contributed by atoms with van der Waals surface area (Å²) in [6.45, 7) is 7.97. The number of carbonyl (C=O) groups excluding carboxylic acids is 1. The Morgan fingerprint density at radius 3 is 2.53 bits per heavy atom. The van der Waals surface area contributed by atoms with Gasteiger partial charge in [0.25, 0.3) is 0 Å². The topological polar surface area (TPSA) is 50.4 Å². The van der Waals surface area contributed by atoms with Crippen molar-refractivity contribution in [2.45, 2.75) is 33.2 Å². The van der Waals surface area contributed by atoms with Crippen molar-refractivity contribution in [3.05, 3.63) is 0 Å². The molecule has 1 amide bonds. The molecule has 0 aromatic carbocycles. The first-order valence-electron chi connectivity index (χ1n) is 5.60. The van der Waals surface area contributed by atoms with Crippen LogP contribution in [0.4, 0.5) is 0 Å². The molecule has 0 bridgehead atoms. The summed E-state index contributed by atoms with van der Waals surface area (Å²) in [7, 11) is 1.62. The van der Waals surface area contributed by atoms with Gasteiger partial charge in [-0.3, -0.25) is 4.79 Å². The highest BCUT2D eigenvalue weighted by Gasteiger charge is 2.11. The number of nitrogens with one attached hydrogen (secondary N) is 2. The highest BCUT2D eigenvalue weighted by atomic mass is 16.5. The van der Waals surface area contributed by atoms with Gasteiger partial charge in [-0.05, 0) is 12.3 Å². The molecule has 4 heteroatoms. The van der Waals surface area contributed by atoms with E-state index < -0.39 is 0 Å². The molecular formula is C11H24N2O2. The third-order valence-corrected chi connectivity index (χ3v) is 2.40. The largest absolute Gasteiger partial charge is 0.383 e. The molecule has 1 atom stereocenters. The Labute approximate surface area is 92.8 Å². The maximum atomic E-state index is 11.3. The van der Waals surface area contributed by atoms with Gasteiger partial charge in [-0.2, -0.15) is 0 Å². The van der Waals surface area contributed by atoms with E-state index in [-0.39, 0.29) is 5.91 Å². The van der Waals surface area contributed by atoms with Crippen molar-refractivity contribution >= 4 is 5.91 Å². The van der Waals surface area contributed by atoms with Crippen molar-refractivity contribution in [1.82, 2.24) is 10.6 Å². The highest BCUT2D eigenvalue weighted by Crippen LogP contribution is 2.04. The zero-order valence-electron chi connectivity index (χ0n) is 10.3. The monoisotopic (exact) mass is 216 g/mol. The minimum atomic E-state index is 0.0335. The molecule has 0 saturated heterocycles. The Hall–Kier alpha value is -0.610. The molecule has 0 aliphatic heterocycles. The van der Waals surface area contributed by atoms with Crippen LogP contribution in [0.5, 0.6) is 0 Å². The SMILES string of the molecule is CCC(NCC(=O)NCCOC)C(C)C. The molecule has 0 heterocycles. The molecule has 0 aromatic heterocycles. The van der Waals surface area contributed by atoms with Crippen LogP contribution in [0.1, 0.15) is 27.2 Å². The first-order valence-corrected chi connectivity index (χ1v) is 5.60. The summed E-state index contributed by atoms with van der Waals surface area (Å²) in [5, 5.41) is 6.02. The van der Waals surface area contributed by atoms with Crippen molar-refractivity contribution in [3.8, 4) is 0 Å². The third kappa shape index (κ3) is 7.33. The zero-order valence-corrected chi connectivity index (χ0v) is 10.3. The molecular weight excluding hydrogens is 192 g/mol. The molecule has 4 nitrogen and oxygen atoms in total. The number of ether oxygens (including phenoxy) is 1. The van der Waals surface area contributed by atoms with E-state index in [1.165, 1.54) is 0 Å². The molecule has 0 saturated carbocycles. The molecule has 0 rings (SSSR count). The predicted molar refractivity (Wildman–Crippen MR) is 61.8 cm³/mol. The van der Waals surface area contributed by atoms with Crippen LogP contribution in [0, 0.1) is 5.92 Å². The molecule has 0 aliphatic rings. The van der Waals surface area contributed by atoms with Gasteiger partial charge in [0.1, 0.15) is 0 Å². The lowest BCUT2D eigenvalue weighted by molar-refractivity contribution is -0.120. The van der Waals surface area contributed by atoms with E-state index in [0.29, 0.717) is 31.7 Å². The summed E-state index contributed by atoms with van der Waals surface area (Å²) in [6.07, 6.45) is 1.04. The summed E-state index contributed by atoms with van der Waals surface area (Å²) in [5.41, 5.74) is 0. The number of methoxy groups -OCH3 is 1. The molecule has 0 spiro atoms. The second kappa shape index (κ2) is 8.68. The van der Waals surface area contributed by atoms with Gasteiger partial charge in [-0.1, -0.05) is 20.8 Å². The highest BCUT2D eigenvalue weighted by molar-refractivity contribution is 5.77. The number of amides is 1. The Kier molecular flexibility index (Phi) is 8.33.